The maximum Gasteiger partial charge on any atom is 0.309 e. The first-order valence-corrected chi connectivity index (χ1v) is 30.0. The van der Waals surface area contributed by atoms with Crippen molar-refractivity contribution in [3.05, 3.63) is 0 Å². The Hall–Kier alpha value is -2.31. The number of carbonyl (C=O) groups is 3. The summed E-state index contributed by atoms with van der Waals surface area (Å²) >= 11 is 0. The second kappa shape index (κ2) is 42.5. The Labute approximate surface area is 479 Å². The molecular weight excluding hydrogens is 1070 g/mol. The van der Waals surface area contributed by atoms with Crippen molar-refractivity contribution < 1.29 is 114 Å². The van der Waals surface area contributed by atoms with Gasteiger partial charge in [0.15, 0.2) is 0 Å². The molecule has 4 heterocycles. The van der Waals surface area contributed by atoms with Gasteiger partial charge in [0, 0.05) is 5.41 Å². The van der Waals surface area contributed by atoms with Crippen LogP contribution >= 0.6 is 0 Å². The van der Waals surface area contributed by atoms with Crippen LogP contribution in [-0.2, 0) is 114 Å². The number of ether oxygens (including phenoxy) is 21. The molecule has 3 saturated carbocycles. The third kappa shape index (κ3) is 30.1. The lowest BCUT2D eigenvalue weighted by Gasteiger charge is -2.44. The number of hydrogen-bond donors (Lipinski definition) is 0. The Balaban J connectivity index is 0.708. The molecule has 4 saturated heterocycles. The van der Waals surface area contributed by atoms with Gasteiger partial charge in [0.25, 0.3) is 0 Å². The van der Waals surface area contributed by atoms with Crippen molar-refractivity contribution in [2.45, 2.75) is 108 Å². The Morgan fingerprint density at radius 1 is 0.296 bits per heavy atom. The number of fused-ring (bicyclic) bond motifs is 4. The van der Waals surface area contributed by atoms with E-state index in [9.17, 15) is 14.4 Å². The molecule has 0 radical (unpaired) electrons. The molecule has 0 amide bonds. The molecule has 4 aliphatic heterocycles. The van der Waals surface area contributed by atoms with Crippen LogP contribution in [0.15, 0.2) is 0 Å². The Bertz CT molecular complexity index is 1460. The average Bonchev–Trinajstić information content (AvgIpc) is 4.43. The first-order valence-electron chi connectivity index (χ1n) is 30.0. The monoisotopic (exact) mass is 1170 g/mol. The molecule has 24 nitrogen and oxygen atoms in total. The zero-order valence-electron chi connectivity index (χ0n) is 48.4. The highest BCUT2D eigenvalue weighted by Crippen LogP contribution is 2.41. The van der Waals surface area contributed by atoms with Crippen LogP contribution in [0.25, 0.3) is 0 Å². The number of carbonyl (C=O) groups excluding carboxylic acids is 3. The molecule has 3 aliphatic carbocycles. The fourth-order valence-electron chi connectivity index (χ4n) is 9.91. The minimum Gasteiger partial charge on any atom is -0.463 e. The second-order valence-electron chi connectivity index (χ2n) is 21.1. The van der Waals surface area contributed by atoms with E-state index in [1.54, 1.807) is 0 Å². The maximum atomic E-state index is 12.2. The third-order valence-electron chi connectivity index (χ3n) is 14.9. The molecule has 0 aromatic rings. The summed E-state index contributed by atoms with van der Waals surface area (Å²) in [5, 5.41) is 0. The first-order chi connectivity index (χ1) is 39.9. The van der Waals surface area contributed by atoms with E-state index in [4.69, 9.17) is 99.5 Å². The van der Waals surface area contributed by atoms with Crippen LogP contribution < -0.4 is 0 Å². The summed E-state index contributed by atoms with van der Waals surface area (Å²) in [6.45, 7) is 15.2. The van der Waals surface area contributed by atoms with Crippen LogP contribution in [0.3, 0.4) is 0 Å². The van der Waals surface area contributed by atoms with Gasteiger partial charge < -0.3 is 99.5 Å². The topological polar surface area (TPSA) is 252 Å². The van der Waals surface area contributed by atoms with E-state index in [-0.39, 0.29) is 79.9 Å². The normalized spacial score (nSPS) is 25.1. The molecule has 7 rings (SSSR count). The van der Waals surface area contributed by atoms with Crippen LogP contribution in [0.1, 0.15) is 71.1 Å². The highest BCUT2D eigenvalue weighted by Gasteiger charge is 2.47. The molecule has 24 heteroatoms. The lowest BCUT2D eigenvalue weighted by atomic mass is 9.81. The van der Waals surface area contributed by atoms with Crippen LogP contribution in [0, 0.1) is 23.2 Å². The number of epoxide rings is 2. The van der Waals surface area contributed by atoms with Crippen molar-refractivity contribution in [2.24, 2.45) is 23.2 Å². The largest absolute Gasteiger partial charge is 0.463 e. The van der Waals surface area contributed by atoms with E-state index in [1.807, 2.05) is 0 Å². The van der Waals surface area contributed by atoms with Crippen molar-refractivity contribution in [2.75, 3.05) is 218 Å². The van der Waals surface area contributed by atoms with Crippen LogP contribution in [0.2, 0.25) is 0 Å². The average molecular weight is 1170 g/mol. The quantitative estimate of drug-likeness (QED) is 0.0367. The van der Waals surface area contributed by atoms with E-state index in [0.717, 1.165) is 64.2 Å². The Kier molecular flexibility index (Phi) is 35.6. The molecule has 0 spiro atoms. The van der Waals surface area contributed by atoms with Crippen molar-refractivity contribution >= 4 is 17.9 Å². The Morgan fingerprint density at radius 3 is 0.802 bits per heavy atom. The van der Waals surface area contributed by atoms with Crippen molar-refractivity contribution in [1.82, 2.24) is 0 Å². The van der Waals surface area contributed by atoms with E-state index < -0.39 is 5.41 Å². The SMILES string of the molecule is CCC(COCCOCCOCCOCCOCCOC(=O)C1CC2CC(C1)O2)(COCCOCCOCCOCCOCCOC(=O)C1CCC2OC2C1)COCCOCCOCCOCCOCCOC(=O)C1CCC2OC2C1. The van der Waals surface area contributed by atoms with Crippen molar-refractivity contribution in [3.63, 3.8) is 0 Å². The van der Waals surface area contributed by atoms with Gasteiger partial charge in [-0.05, 0) is 64.2 Å². The van der Waals surface area contributed by atoms with Gasteiger partial charge in [-0.3, -0.25) is 14.4 Å². The van der Waals surface area contributed by atoms with Gasteiger partial charge in [0.1, 0.15) is 19.8 Å². The zero-order chi connectivity index (χ0) is 56.7. The van der Waals surface area contributed by atoms with Crippen LogP contribution in [0.4, 0.5) is 0 Å². The summed E-state index contributed by atoms with van der Waals surface area (Å²) in [5.41, 5.74) is -0.399. The van der Waals surface area contributed by atoms with Gasteiger partial charge >= 0.3 is 17.9 Å². The summed E-state index contributed by atoms with van der Waals surface area (Å²) in [7, 11) is 0. The minimum absolute atomic E-state index is 0.0477. The molecule has 7 fully saturated rings. The van der Waals surface area contributed by atoms with E-state index in [1.165, 1.54) is 0 Å². The maximum absolute atomic E-state index is 12.2. The molecule has 8 atom stereocenters. The smallest absolute Gasteiger partial charge is 0.309 e. The molecule has 2 bridgehead atoms. The van der Waals surface area contributed by atoms with Gasteiger partial charge in [-0.25, -0.2) is 0 Å². The van der Waals surface area contributed by atoms with Gasteiger partial charge in [-0.2, -0.15) is 0 Å². The highest BCUT2D eigenvalue weighted by molar-refractivity contribution is 5.73. The molecule has 8 unspecified atom stereocenters. The first kappa shape index (κ1) is 67.8. The summed E-state index contributed by atoms with van der Waals surface area (Å²) in [6, 6.07) is 0. The van der Waals surface area contributed by atoms with E-state index in [0.29, 0.717) is 210 Å². The summed E-state index contributed by atoms with van der Waals surface area (Å²) in [5.74, 6) is -0.615. The molecule has 81 heavy (non-hydrogen) atoms. The minimum atomic E-state index is -0.399. The third-order valence-corrected chi connectivity index (χ3v) is 14.9. The van der Waals surface area contributed by atoms with Crippen molar-refractivity contribution in [3.8, 4) is 0 Å². The molecule has 0 aromatic heterocycles. The molecule has 470 valence electrons. The van der Waals surface area contributed by atoms with Gasteiger partial charge in [-0.1, -0.05) is 6.92 Å². The van der Waals surface area contributed by atoms with Gasteiger partial charge in [-0.15, -0.1) is 0 Å². The van der Waals surface area contributed by atoms with Gasteiger partial charge in [0.2, 0.25) is 0 Å². The number of esters is 3. The number of hydrogen-bond acceptors (Lipinski definition) is 24. The molecule has 7 aliphatic rings. The summed E-state index contributed by atoms with van der Waals surface area (Å²) in [4.78, 5) is 36.6. The summed E-state index contributed by atoms with van der Waals surface area (Å²) in [6.07, 6.45) is 10.1. The molecule has 0 N–H and O–H groups in total. The van der Waals surface area contributed by atoms with Crippen LogP contribution in [0.5, 0.6) is 0 Å². The zero-order valence-corrected chi connectivity index (χ0v) is 48.4. The van der Waals surface area contributed by atoms with E-state index >= 15 is 0 Å². The van der Waals surface area contributed by atoms with E-state index in [2.05, 4.69) is 6.92 Å². The number of rotatable bonds is 55. The van der Waals surface area contributed by atoms with Crippen molar-refractivity contribution in [1.29, 1.82) is 0 Å². The Morgan fingerprint density at radius 2 is 0.543 bits per heavy atom. The lowest BCUT2D eigenvalue weighted by molar-refractivity contribution is -0.189. The van der Waals surface area contributed by atoms with Crippen LogP contribution in [-0.4, -0.2) is 273 Å². The fourth-order valence-corrected chi connectivity index (χ4v) is 9.91. The fraction of sp³-hybridized carbons (Fsp3) is 0.947. The molecule has 0 aromatic carbocycles. The second-order valence-corrected chi connectivity index (χ2v) is 21.1. The summed E-state index contributed by atoms with van der Waals surface area (Å²) < 4.78 is 118. The lowest BCUT2D eigenvalue weighted by Crippen LogP contribution is -2.47. The predicted octanol–water partition coefficient (Wildman–Crippen LogP) is 2.96. The molecular formula is C57H98O24. The predicted molar refractivity (Wildman–Crippen MR) is 286 cm³/mol. The highest BCUT2D eigenvalue weighted by atomic mass is 16.6. The van der Waals surface area contributed by atoms with Gasteiger partial charge in [0.05, 0.1) is 253 Å². The standard InChI is InChI=1S/C57H98O24/c1-2-57(42-73-28-25-67-16-13-61-7-10-64-19-22-70-31-34-76-54(58)45-3-5-50-52(39-45)80-50,43-74-29-26-68-17-14-62-8-11-65-20-23-71-32-35-77-55(59)46-4-6-51-53(40-46)81-51)44-75-30-27-69-18-15-63-9-12-66-21-24-72-33-36-78-56(60)47-37-48-41-49(38-47)79-48/h45-53H,2-44H2,1H3.